The van der Waals surface area contributed by atoms with E-state index >= 15 is 0 Å². The van der Waals surface area contributed by atoms with Gasteiger partial charge in [0.05, 0.1) is 21.4 Å². The van der Waals surface area contributed by atoms with Gasteiger partial charge < -0.3 is 15.5 Å². The summed E-state index contributed by atoms with van der Waals surface area (Å²) in [6.07, 6.45) is 4.48. The second kappa shape index (κ2) is 9.68. The van der Waals surface area contributed by atoms with E-state index in [1.54, 1.807) is 30.6 Å². The van der Waals surface area contributed by atoms with E-state index in [0.29, 0.717) is 27.5 Å². The number of hydrogen-bond acceptors (Lipinski definition) is 6. The van der Waals surface area contributed by atoms with Crippen molar-refractivity contribution in [3.63, 3.8) is 0 Å². The number of para-hydroxylation sites is 1. The van der Waals surface area contributed by atoms with Crippen molar-refractivity contribution in [2.24, 2.45) is 0 Å². The van der Waals surface area contributed by atoms with Crippen LogP contribution in [0.15, 0.2) is 48.8 Å². The minimum atomic E-state index is 0.523. The Morgan fingerprint density at radius 2 is 1.82 bits per heavy atom. The van der Waals surface area contributed by atoms with Crippen molar-refractivity contribution < 1.29 is 0 Å². The molecule has 0 aliphatic carbocycles. The maximum atomic E-state index is 6.29. The molecule has 0 saturated carbocycles. The summed E-state index contributed by atoms with van der Waals surface area (Å²) < 4.78 is 0. The van der Waals surface area contributed by atoms with E-state index in [9.17, 15) is 0 Å². The van der Waals surface area contributed by atoms with Crippen LogP contribution < -0.4 is 10.6 Å². The molecule has 6 nitrogen and oxygen atoms in total. The maximum absolute atomic E-state index is 6.29. The molecule has 146 valence electrons. The Kier molecular flexibility index (Phi) is 7.03. The molecule has 0 amide bonds. The van der Waals surface area contributed by atoms with Gasteiger partial charge in [-0.2, -0.15) is 4.98 Å². The molecule has 0 unspecified atom stereocenters. The van der Waals surface area contributed by atoms with Crippen LogP contribution in [0.25, 0.3) is 11.3 Å². The van der Waals surface area contributed by atoms with Crippen LogP contribution in [0.3, 0.4) is 0 Å². The Bertz CT molecular complexity index is 898. The number of nitrogens with zero attached hydrogens (tertiary/aromatic N) is 4. The van der Waals surface area contributed by atoms with Gasteiger partial charge in [0.25, 0.3) is 0 Å². The third-order valence-corrected chi connectivity index (χ3v) is 4.59. The smallest absolute Gasteiger partial charge is 0.225 e. The molecule has 0 saturated heterocycles. The van der Waals surface area contributed by atoms with Crippen LogP contribution in [0, 0.1) is 0 Å². The highest BCUT2D eigenvalue weighted by Crippen LogP contribution is 2.33. The largest absolute Gasteiger partial charge is 0.354 e. The summed E-state index contributed by atoms with van der Waals surface area (Å²) >= 11 is 12.6. The Labute approximate surface area is 174 Å². The highest BCUT2D eigenvalue weighted by Gasteiger charge is 2.11. The molecule has 2 N–H and O–H groups in total. The molecular formula is C20H22Cl2N6. The van der Waals surface area contributed by atoms with Crippen LogP contribution in [0.4, 0.5) is 17.5 Å². The van der Waals surface area contributed by atoms with Crippen LogP contribution in [0.2, 0.25) is 10.0 Å². The number of hydrogen-bond donors (Lipinski definition) is 2. The van der Waals surface area contributed by atoms with Gasteiger partial charge in [-0.1, -0.05) is 29.3 Å². The van der Waals surface area contributed by atoms with E-state index in [1.165, 1.54) is 0 Å². The van der Waals surface area contributed by atoms with Gasteiger partial charge in [-0.15, -0.1) is 0 Å². The van der Waals surface area contributed by atoms with E-state index in [4.69, 9.17) is 23.2 Å². The van der Waals surface area contributed by atoms with Crippen molar-refractivity contribution in [3.05, 3.63) is 58.8 Å². The van der Waals surface area contributed by atoms with Crippen LogP contribution in [0.5, 0.6) is 0 Å². The van der Waals surface area contributed by atoms with Crippen molar-refractivity contribution >= 4 is 40.7 Å². The highest BCUT2D eigenvalue weighted by molar-refractivity contribution is 6.39. The summed E-state index contributed by atoms with van der Waals surface area (Å²) in [7, 11) is 4.10. The van der Waals surface area contributed by atoms with Crippen molar-refractivity contribution in [2.45, 2.75) is 6.42 Å². The second-order valence-corrected chi connectivity index (χ2v) is 7.32. The lowest BCUT2D eigenvalue weighted by atomic mass is 10.2. The normalized spacial score (nSPS) is 10.9. The molecule has 0 radical (unpaired) electrons. The van der Waals surface area contributed by atoms with Crippen molar-refractivity contribution in [1.82, 2.24) is 19.9 Å². The first kappa shape index (κ1) is 20.3. The third-order valence-electron chi connectivity index (χ3n) is 3.96. The highest BCUT2D eigenvalue weighted by atomic mass is 35.5. The first-order valence-corrected chi connectivity index (χ1v) is 9.67. The summed E-state index contributed by atoms with van der Waals surface area (Å²) in [5.41, 5.74) is 2.26. The first-order chi connectivity index (χ1) is 13.5. The van der Waals surface area contributed by atoms with E-state index in [0.717, 1.165) is 30.8 Å². The molecule has 0 bridgehead atoms. The van der Waals surface area contributed by atoms with E-state index in [-0.39, 0.29) is 0 Å². The number of benzene rings is 1. The average molecular weight is 417 g/mol. The zero-order chi connectivity index (χ0) is 19.9. The fraction of sp³-hybridized carbons (Fsp3) is 0.250. The molecule has 0 spiro atoms. The van der Waals surface area contributed by atoms with E-state index in [2.05, 4.69) is 44.6 Å². The molecule has 3 rings (SSSR count). The van der Waals surface area contributed by atoms with Gasteiger partial charge in [0.1, 0.15) is 5.82 Å². The van der Waals surface area contributed by atoms with Crippen molar-refractivity contribution in [2.75, 3.05) is 37.8 Å². The Balaban J connectivity index is 1.89. The molecule has 3 aromatic rings. The number of rotatable bonds is 8. The molecule has 1 aromatic carbocycles. The van der Waals surface area contributed by atoms with E-state index in [1.807, 2.05) is 18.2 Å². The van der Waals surface area contributed by atoms with E-state index < -0.39 is 0 Å². The second-order valence-electron chi connectivity index (χ2n) is 6.51. The lowest BCUT2D eigenvalue weighted by Crippen LogP contribution is -2.17. The number of aromatic nitrogens is 3. The summed E-state index contributed by atoms with van der Waals surface area (Å²) in [6.45, 7) is 1.75. The molecular weight excluding hydrogens is 395 g/mol. The number of nitrogens with one attached hydrogen (secondary N) is 2. The van der Waals surface area contributed by atoms with Gasteiger partial charge in [0.15, 0.2) is 0 Å². The lowest BCUT2D eigenvalue weighted by Gasteiger charge is -2.14. The molecule has 2 aromatic heterocycles. The van der Waals surface area contributed by atoms with Crippen molar-refractivity contribution in [1.29, 1.82) is 0 Å². The first-order valence-electron chi connectivity index (χ1n) is 8.92. The van der Waals surface area contributed by atoms with Crippen LogP contribution >= 0.6 is 23.2 Å². The minimum absolute atomic E-state index is 0.523. The summed E-state index contributed by atoms with van der Waals surface area (Å²) in [4.78, 5) is 15.5. The van der Waals surface area contributed by atoms with Gasteiger partial charge in [-0.3, -0.25) is 4.98 Å². The van der Waals surface area contributed by atoms with Crippen molar-refractivity contribution in [3.8, 4) is 11.3 Å². The van der Waals surface area contributed by atoms with Crippen LogP contribution in [-0.2, 0) is 0 Å². The molecule has 0 atom stereocenters. The predicted octanol–water partition coefficient (Wildman–Crippen LogP) is 4.95. The molecule has 0 fully saturated rings. The van der Waals surface area contributed by atoms with Gasteiger partial charge in [0, 0.05) is 30.6 Å². The molecule has 28 heavy (non-hydrogen) atoms. The molecule has 0 aliphatic rings. The standard InChI is InChI=1S/C20H22Cl2N6/c1-28(2)11-5-10-24-20-25-17(14-6-4-9-23-13-14)12-18(27-20)26-19-15(21)7-3-8-16(19)22/h3-4,6-9,12-13H,5,10-11H2,1-2H3,(H2,24,25,26,27). The quantitative estimate of drug-likeness (QED) is 0.506. The fourth-order valence-corrected chi connectivity index (χ4v) is 3.09. The zero-order valence-corrected chi connectivity index (χ0v) is 17.3. The monoisotopic (exact) mass is 416 g/mol. The summed E-state index contributed by atoms with van der Waals surface area (Å²) in [6, 6.07) is 11.0. The van der Waals surface area contributed by atoms with Gasteiger partial charge >= 0.3 is 0 Å². The van der Waals surface area contributed by atoms with Crippen LogP contribution in [-0.4, -0.2) is 47.0 Å². The fourth-order valence-electron chi connectivity index (χ4n) is 2.59. The summed E-state index contributed by atoms with van der Waals surface area (Å²) in [5, 5.41) is 7.55. The van der Waals surface area contributed by atoms with Gasteiger partial charge in [-0.05, 0) is 51.3 Å². The Hall–Kier alpha value is -2.41. The van der Waals surface area contributed by atoms with Crippen LogP contribution in [0.1, 0.15) is 6.42 Å². The number of anilines is 3. The summed E-state index contributed by atoms with van der Waals surface area (Å²) in [5.74, 6) is 1.13. The molecule has 2 heterocycles. The molecule has 8 heteroatoms. The topological polar surface area (TPSA) is 66.0 Å². The maximum Gasteiger partial charge on any atom is 0.225 e. The predicted molar refractivity (Wildman–Crippen MR) is 117 cm³/mol. The SMILES string of the molecule is CN(C)CCCNc1nc(Nc2c(Cl)cccc2Cl)cc(-c2cccnc2)n1. The van der Waals surface area contributed by atoms with Gasteiger partial charge in [0.2, 0.25) is 5.95 Å². The molecule has 0 aliphatic heterocycles. The Morgan fingerprint density at radius 3 is 2.50 bits per heavy atom. The Morgan fingerprint density at radius 1 is 1.04 bits per heavy atom. The number of pyridine rings is 1. The lowest BCUT2D eigenvalue weighted by molar-refractivity contribution is 0.405. The zero-order valence-electron chi connectivity index (χ0n) is 15.8. The third kappa shape index (κ3) is 5.55. The van der Waals surface area contributed by atoms with Gasteiger partial charge in [-0.25, -0.2) is 4.98 Å². The average Bonchev–Trinajstić information content (AvgIpc) is 2.69. The number of halogens is 2. The minimum Gasteiger partial charge on any atom is -0.354 e.